The molecule has 0 saturated heterocycles. The van der Waals surface area contributed by atoms with Crippen LogP contribution in [0, 0.1) is 0 Å². The summed E-state index contributed by atoms with van der Waals surface area (Å²) in [4.78, 5) is 27.2. The highest BCUT2D eigenvalue weighted by atomic mass is 35.5. The fraction of sp³-hybridized carbons (Fsp3) is 0.391. The van der Waals surface area contributed by atoms with E-state index in [9.17, 15) is 9.59 Å². The Labute approximate surface area is 172 Å². The lowest BCUT2D eigenvalue weighted by Crippen LogP contribution is -2.47. The van der Waals surface area contributed by atoms with Crippen molar-refractivity contribution < 1.29 is 9.59 Å². The molecule has 2 aromatic rings. The van der Waals surface area contributed by atoms with Crippen LogP contribution < -0.4 is 5.32 Å². The van der Waals surface area contributed by atoms with Gasteiger partial charge in [0, 0.05) is 24.5 Å². The van der Waals surface area contributed by atoms with Crippen molar-refractivity contribution in [1.29, 1.82) is 0 Å². The number of unbranched alkanes of at least 4 members (excludes halogenated alkanes) is 1. The van der Waals surface area contributed by atoms with Crippen LogP contribution in [0.15, 0.2) is 54.6 Å². The van der Waals surface area contributed by atoms with Gasteiger partial charge in [-0.25, -0.2) is 0 Å². The third-order valence-corrected chi connectivity index (χ3v) is 5.13. The van der Waals surface area contributed by atoms with E-state index in [0.29, 0.717) is 31.0 Å². The molecule has 2 rings (SSSR count). The minimum absolute atomic E-state index is 0.0538. The van der Waals surface area contributed by atoms with Crippen molar-refractivity contribution >= 4 is 23.4 Å². The maximum Gasteiger partial charge on any atom is 0.242 e. The zero-order chi connectivity index (χ0) is 20.4. The van der Waals surface area contributed by atoms with Gasteiger partial charge in [0.2, 0.25) is 11.8 Å². The maximum atomic E-state index is 13.0. The number of hydrogen-bond acceptors (Lipinski definition) is 2. The number of benzene rings is 2. The fourth-order valence-corrected chi connectivity index (χ4v) is 3.16. The summed E-state index contributed by atoms with van der Waals surface area (Å²) in [7, 11) is 0. The number of rotatable bonds is 10. The highest BCUT2D eigenvalue weighted by Crippen LogP contribution is 2.19. The Hall–Kier alpha value is -2.33. The molecule has 0 aromatic heterocycles. The predicted molar refractivity (Wildman–Crippen MR) is 114 cm³/mol. The van der Waals surface area contributed by atoms with Gasteiger partial charge in [-0.3, -0.25) is 9.59 Å². The average Bonchev–Trinajstić information content (AvgIpc) is 2.71. The molecule has 28 heavy (non-hydrogen) atoms. The highest BCUT2D eigenvalue weighted by molar-refractivity contribution is 6.31. The van der Waals surface area contributed by atoms with Crippen molar-refractivity contribution in [2.24, 2.45) is 0 Å². The number of carbonyl (C=O) groups is 2. The number of halogens is 1. The molecule has 0 bridgehead atoms. The minimum Gasteiger partial charge on any atom is -0.354 e. The van der Waals surface area contributed by atoms with Crippen LogP contribution in [0.4, 0.5) is 0 Å². The standard InChI is InChI=1S/C23H29ClN2O2/c1-3-4-16-25-23(28)18(2)26(17-20-12-8-9-13-21(20)24)22(27)15-14-19-10-6-5-7-11-19/h5-13,18H,3-4,14-17H2,1-2H3,(H,25,28)/t18-/m0/s1. The van der Waals surface area contributed by atoms with Crippen molar-refractivity contribution in [3.63, 3.8) is 0 Å². The van der Waals surface area contributed by atoms with E-state index in [-0.39, 0.29) is 11.8 Å². The molecule has 0 unspecified atom stereocenters. The molecule has 0 heterocycles. The van der Waals surface area contributed by atoms with Crippen LogP contribution in [0.5, 0.6) is 0 Å². The summed E-state index contributed by atoms with van der Waals surface area (Å²) in [6.07, 6.45) is 2.92. The van der Waals surface area contributed by atoms with E-state index in [4.69, 9.17) is 11.6 Å². The van der Waals surface area contributed by atoms with Gasteiger partial charge in [-0.15, -0.1) is 0 Å². The van der Waals surface area contributed by atoms with E-state index in [2.05, 4.69) is 12.2 Å². The molecule has 0 aliphatic rings. The quantitative estimate of drug-likeness (QED) is 0.592. The van der Waals surface area contributed by atoms with Crippen molar-refractivity contribution in [3.8, 4) is 0 Å². The fourth-order valence-electron chi connectivity index (χ4n) is 2.97. The zero-order valence-electron chi connectivity index (χ0n) is 16.7. The first-order valence-electron chi connectivity index (χ1n) is 9.87. The molecule has 5 heteroatoms. The minimum atomic E-state index is -0.559. The first-order chi connectivity index (χ1) is 13.5. The Kier molecular flexibility index (Phi) is 9.02. The lowest BCUT2D eigenvalue weighted by molar-refractivity contribution is -0.140. The third-order valence-electron chi connectivity index (χ3n) is 4.77. The lowest BCUT2D eigenvalue weighted by Gasteiger charge is -2.29. The molecular formula is C23H29ClN2O2. The van der Waals surface area contributed by atoms with Crippen LogP contribution in [0.3, 0.4) is 0 Å². The highest BCUT2D eigenvalue weighted by Gasteiger charge is 2.26. The normalized spacial score (nSPS) is 11.7. The van der Waals surface area contributed by atoms with Crippen LogP contribution >= 0.6 is 11.6 Å². The molecule has 2 aromatic carbocycles. The summed E-state index contributed by atoms with van der Waals surface area (Å²) >= 11 is 6.29. The summed E-state index contributed by atoms with van der Waals surface area (Å²) in [5, 5.41) is 3.53. The van der Waals surface area contributed by atoms with Crippen LogP contribution in [-0.4, -0.2) is 29.3 Å². The largest absolute Gasteiger partial charge is 0.354 e. The van der Waals surface area contributed by atoms with E-state index in [0.717, 1.165) is 24.0 Å². The van der Waals surface area contributed by atoms with E-state index in [1.165, 1.54) is 0 Å². The molecule has 2 amide bonds. The summed E-state index contributed by atoms with van der Waals surface area (Å²) in [6.45, 7) is 4.79. The second-order valence-corrected chi connectivity index (χ2v) is 7.33. The predicted octanol–water partition coefficient (Wildman–Crippen LogP) is 4.61. The van der Waals surface area contributed by atoms with Gasteiger partial charge in [0.1, 0.15) is 6.04 Å². The molecular weight excluding hydrogens is 372 g/mol. The van der Waals surface area contributed by atoms with Crippen LogP contribution in [0.2, 0.25) is 5.02 Å². The first-order valence-corrected chi connectivity index (χ1v) is 10.2. The van der Waals surface area contributed by atoms with Gasteiger partial charge in [-0.1, -0.05) is 73.5 Å². The van der Waals surface area contributed by atoms with Gasteiger partial charge >= 0.3 is 0 Å². The topological polar surface area (TPSA) is 49.4 Å². The number of nitrogens with one attached hydrogen (secondary N) is 1. The molecule has 0 fully saturated rings. The molecule has 1 atom stereocenters. The lowest BCUT2D eigenvalue weighted by atomic mass is 10.1. The number of carbonyl (C=O) groups excluding carboxylic acids is 2. The van der Waals surface area contributed by atoms with Crippen molar-refractivity contribution in [3.05, 3.63) is 70.7 Å². The van der Waals surface area contributed by atoms with Crippen molar-refractivity contribution in [2.45, 2.75) is 52.1 Å². The maximum absolute atomic E-state index is 13.0. The van der Waals surface area contributed by atoms with Gasteiger partial charge in [0.25, 0.3) is 0 Å². The van der Waals surface area contributed by atoms with Gasteiger partial charge in [0.15, 0.2) is 0 Å². The van der Waals surface area contributed by atoms with Gasteiger partial charge in [-0.2, -0.15) is 0 Å². The van der Waals surface area contributed by atoms with Crippen molar-refractivity contribution in [1.82, 2.24) is 10.2 Å². The zero-order valence-corrected chi connectivity index (χ0v) is 17.4. The molecule has 0 aliphatic carbocycles. The Bertz CT molecular complexity index is 764. The number of hydrogen-bond donors (Lipinski definition) is 1. The monoisotopic (exact) mass is 400 g/mol. The number of amides is 2. The summed E-state index contributed by atoms with van der Waals surface area (Å²) in [5.74, 6) is -0.185. The van der Waals surface area contributed by atoms with Gasteiger partial charge in [-0.05, 0) is 37.0 Å². The molecule has 4 nitrogen and oxygen atoms in total. The third kappa shape index (κ3) is 6.68. The Morgan fingerprint density at radius 3 is 2.43 bits per heavy atom. The summed E-state index contributed by atoms with van der Waals surface area (Å²) in [6, 6.07) is 16.8. The molecule has 0 radical (unpaired) electrons. The first kappa shape index (κ1) is 22.0. The Morgan fingerprint density at radius 2 is 1.75 bits per heavy atom. The van der Waals surface area contributed by atoms with E-state index in [1.807, 2.05) is 48.5 Å². The number of nitrogens with zero attached hydrogens (tertiary/aromatic N) is 1. The smallest absolute Gasteiger partial charge is 0.242 e. The SMILES string of the molecule is CCCCNC(=O)[C@H](C)N(Cc1ccccc1Cl)C(=O)CCc1ccccc1. The second kappa shape index (κ2) is 11.5. The van der Waals surface area contributed by atoms with Gasteiger partial charge < -0.3 is 10.2 Å². The summed E-state index contributed by atoms with van der Waals surface area (Å²) < 4.78 is 0. The molecule has 150 valence electrons. The molecule has 1 N–H and O–H groups in total. The van der Waals surface area contributed by atoms with E-state index < -0.39 is 6.04 Å². The van der Waals surface area contributed by atoms with Crippen LogP contribution in [0.25, 0.3) is 0 Å². The second-order valence-electron chi connectivity index (χ2n) is 6.92. The van der Waals surface area contributed by atoms with Crippen LogP contribution in [-0.2, 0) is 22.6 Å². The number of aryl methyl sites for hydroxylation is 1. The summed E-state index contributed by atoms with van der Waals surface area (Å²) in [5.41, 5.74) is 1.94. The Balaban J connectivity index is 2.11. The molecule has 0 spiro atoms. The van der Waals surface area contributed by atoms with E-state index >= 15 is 0 Å². The van der Waals surface area contributed by atoms with E-state index in [1.54, 1.807) is 17.9 Å². The molecule has 0 saturated carbocycles. The van der Waals surface area contributed by atoms with Crippen LogP contribution in [0.1, 0.15) is 44.2 Å². The average molecular weight is 401 g/mol. The molecule has 0 aliphatic heterocycles. The van der Waals surface area contributed by atoms with Crippen molar-refractivity contribution in [2.75, 3.05) is 6.54 Å². The Morgan fingerprint density at radius 1 is 1.07 bits per heavy atom. The van der Waals surface area contributed by atoms with Gasteiger partial charge in [0.05, 0.1) is 0 Å².